The number of carbonyl (C=O) groups excluding carboxylic acids is 4. The largest absolute Gasteiger partial charge is 0.480 e. The zero-order chi connectivity index (χ0) is 22.6. The van der Waals surface area contributed by atoms with Gasteiger partial charge in [0, 0.05) is 6.42 Å². The number of carboxylic acids is 1. The van der Waals surface area contributed by atoms with Gasteiger partial charge in [-0.25, -0.2) is 0 Å². The number of carboxylic acid groups (broad SMARTS) is 1. The molecule has 166 valence electrons. The highest BCUT2D eigenvalue weighted by molar-refractivity contribution is 7.98. The van der Waals surface area contributed by atoms with Crippen LogP contribution < -0.4 is 27.4 Å². The van der Waals surface area contributed by atoms with Crippen LogP contribution in [0.15, 0.2) is 0 Å². The van der Waals surface area contributed by atoms with Gasteiger partial charge in [-0.1, -0.05) is 13.8 Å². The van der Waals surface area contributed by atoms with Crippen LogP contribution in [0, 0.1) is 5.92 Å². The molecule has 0 rings (SSSR count). The first-order valence-electron chi connectivity index (χ1n) is 9.12. The molecule has 29 heavy (non-hydrogen) atoms. The van der Waals surface area contributed by atoms with Crippen molar-refractivity contribution in [2.75, 3.05) is 18.6 Å². The monoisotopic (exact) mass is 433 g/mol. The summed E-state index contributed by atoms with van der Waals surface area (Å²) < 4.78 is 0. The molecule has 0 bridgehead atoms. The molecule has 0 aromatic heterocycles. The van der Waals surface area contributed by atoms with Crippen LogP contribution >= 0.6 is 11.8 Å². The van der Waals surface area contributed by atoms with Crippen molar-refractivity contribution in [1.29, 1.82) is 0 Å². The SMILES string of the molecule is CSCCC(NC(=O)C(N)C(C)C)C(=O)NC(CCC(N)=O)C(=O)NCC(=O)O. The van der Waals surface area contributed by atoms with Crippen LogP contribution in [0.2, 0.25) is 0 Å². The Morgan fingerprint density at radius 2 is 1.52 bits per heavy atom. The molecule has 0 radical (unpaired) electrons. The molecule has 0 aliphatic carbocycles. The van der Waals surface area contributed by atoms with Gasteiger partial charge in [-0.15, -0.1) is 0 Å². The maximum Gasteiger partial charge on any atom is 0.322 e. The number of amides is 4. The van der Waals surface area contributed by atoms with E-state index in [2.05, 4.69) is 16.0 Å². The molecule has 3 atom stereocenters. The third-order valence-corrected chi connectivity index (χ3v) is 4.63. The van der Waals surface area contributed by atoms with Crippen molar-refractivity contribution in [2.45, 2.75) is 51.2 Å². The first-order chi connectivity index (χ1) is 13.5. The minimum atomic E-state index is -1.26. The van der Waals surface area contributed by atoms with Gasteiger partial charge in [0.25, 0.3) is 0 Å². The number of carbonyl (C=O) groups is 5. The number of rotatable bonds is 14. The van der Waals surface area contributed by atoms with Gasteiger partial charge in [-0.05, 0) is 30.8 Å². The Hall–Kier alpha value is -2.34. The fourth-order valence-corrected chi connectivity index (χ4v) is 2.66. The van der Waals surface area contributed by atoms with Crippen LogP contribution in [0.3, 0.4) is 0 Å². The molecule has 3 unspecified atom stereocenters. The van der Waals surface area contributed by atoms with E-state index in [0.29, 0.717) is 12.2 Å². The van der Waals surface area contributed by atoms with Crippen molar-refractivity contribution < 1.29 is 29.1 Å². The highest BCUT2D eigenvalue weighted by Gasteiger charge is 2.28. The highest BCUT2D eigenvalue weighted by atomic mass is 32.2. The summed E-state index contributed by atoms with van der Waals surface area (Å²) in [6.45, 7) is 2.90. The van der Waals surface area contributed by atoms with Crippen LogP contribution in [0.25, 0.3) is 0 Å². The lowest BCUT2D eigenvalue weighted by molar-refractivity contribution is -0.138. The molecule has 8 N–H and O–H groups in total. The minimum Gasteiger partial charge on any atom is -0.480 e. The van der Waals surface area contributed by atoms with E-state index in [0.717, 1.165) is 0 Å². The number of hydrogen-bond acceptors (Lipinski definition) is 7. The van der Waals surface area contributed by atoms with E-state index >= 15 is 0 Å². The molecule has 0 aliphatic rings. The average molecular weight is 434 g/mol. The number of aliphatic carboxylic acids is 1. The number of nitrogens with two attached hydrogens (primary N) is 2. The van der Waals surface area contributed by atoms with Crippen molar-refractivity contribution in [2.24, 2.45) is 17.4 Å². The molecule has 0 saturated heterocycles. The molecule has 0 aromatic carbocycles. The van der Waals surface area contributed by atoms with E-state index in [9.17, 15) is 24.0 Å². The highest BCUT2D eigenvalue weighted by Crippen LogP contribution is 2.06. The summed E-state index contributed by atoms with van der Waals surface area (Å²) in [6, 6.07) is -2.92. The normalized spacial score (nSPS) is 13.8. The van der Waals surface area contributed by atoms with Crippen LogP contribution in [0.1, 0.15) is 33.1 Å². The minimum absolute atomic E-state index is 0.110. The standard InChI is InChI=1S/C17H31N5O6S/c1-9(2)14(19)17(28)22-11(6-7-29-3)16(27)21-10(4-5-12(18)23)15(26)20-8-13(24)25/h9-11,14H,4-8,19H2,1-3H3,(H2,18,23)(H,20,26)(H,21,27)(H,22,28)(H,24,25). The summed E-state index contributed by atoms with van der Waals surface area (Å²) in [5, 5.41) is 15.9. The number of thioether (sulfide) groups is 1. The van der Waals surface area contributed by atoms with Crippen LogP contribution in [-0.2, 0) is 24.0 Å². The van der Waals surface area contributed by atoms with E-state index in [1.165, 1.54) is 11.8 Å². The Morgan fingerprint density at radius 1 is 0.966 bits per heavy atom. The van der Waals surface area contributed by atoms with Gasteiger partial charge < -0.3 is 32.5 Å². The summed E-state index contributed by atoms with van der Waals surface area (Å²) >= 11 is 1.47. The van der Waals surface area contributed by atoms with E-state index in [-0.39, 0.29) is 18.8 Å². The van der Waals surface area contributed by atoms with E-state index < -0.39 is 54.3 Å². The first-order valence-corrected chi connectivity index (χ1v) is 10.5. The van der Waals surface area contributed by atoms with Crippen molar-refractivity contribution in [3.8, 4) is 0 Å². The Bertz CT molecular complexity index is 601. The molecule has 12 heteroatoms. The van der Waals surface area contributed by atoms with Crippen molar-refractivity contribution in [3.63, 3.8) is 0 Å². The molecule has 0 fully saturated rings. The number of primary amides is 1. The Morgan fingerprint density at radius 3 is 2.00 bits per heavy atom. The number of hydrogen-bond donors (Lipinski definition) is 6. The van der Waals surface area contributed by atoms with Gasteiger partial charge in [-0.3, -0.25) is 24.0 Å². The molecular formula is C17H31N5O6S. The topological polar surface area (TPSA) is 194 Å². The Labute approximate surface area is 174 Å². The predicted molar refractivity (Wildman–Crippen MR) is 109 cm³/mol. The molecule has 11 nitrogen and oxygen atoms in total. The van der Waals surface area contributed by atoms with Crippen LogP contribution in [0.4, 0.5) is 0 Å². The lowest BCUT2D eigenvalue weighted by Crippen LogP contribution is -2.56. The van der Waals surface area contributed by atoms with Crippen LogP contribution in [-0.4, -0.2) is 71.4 Å². The lowest BCUT2D eigenvalue weighted by atomic mass is 10.0. The first kappa shape index (κ1) is 26.7. The molecule has 0 heterocycles. The Balaban J connectivity index is 5.24. The molecule has 0 spiro atoms. The van der Waals surface area contributed by atoms with Gasteiger partial charge >= 0.3 is 5.97 Å². The van der Waals surface area contributed by atoms with Crippen LogP contribution in [0.5, 0.6) is 0 Å². The van der Waals surface area contributed by atoms with Gasteiger partial charge in [-0.2, -0.15) is 11.8 Å². The summed E-state index contributed by atoms with van der Waals surface area (Å²) in [7, 11) is 0. The molecular weight excluding hydrogens is 402 g/mol. The summed E-state index contributed by atoms with van der Waals surface area (Å²) in [5.41, 5.74) is 10.9. The fraction of sp³-hybridized carbons (Fsp3) is 0.706. The van der Waals surface area contributed by atoms with Crippen molar-refractivity contribution in [1.82, 2.24) is 16.0 Å². The van der Waals surface area contributed by atoms with Gasteiger partial charge in [0.2, 0.25) is 23.6 Å². The quantitative estimate of drug-likeness (QED) is 0.184. The molecule has 0 saturated carbocycles. The summed E-state index contributed by atoms with van der Waals surface area (Å²) in [6.07, 6.45) is 1.83. The summed E-state index contributed by atoms with van der Waals surface area (Å²) in [5.74, 6) is -3.41. The maximum absolute atomic E-state index is 12.7. The third kappa shape index (κ3) is 11.3. The third-order valence-electron chi connectivity index (χ3n) is 3.99. The second-order valence-electron chi connectivity index (χ2n) is 6.79. The van der Waals surface area contributed by atoms with Gasteiger partial charge in [0.05, 0.1) is 6.04 Å². The van der Waals surface area contributed by atoms with E-state index in [1.54, 1.807) is 13.8 Å². The van der Waals surface area contributed by atoms with Crippen molar-refractivity contribution >= 4 is 41.4 Å². The molecule has 0 aliphatic heterocycles. The van der Waals surface area contributed by atoms with Gasteiger partial charge in [0.15, 0.2) is 0 Å². The molecule has 0 aromatic rings. The van der Waals surface area contributed by atoms with Gasteiger partial charge in [0.1, 0.15) is 18.6 Å². The second kappa shape index (κ2) is 13.8. The second-order valence-corrected chi connectivity index (χ2v) is 7.78. The lowest BCUT2D eigenvalue weighted by Gasteiger charge is -2.24. The maximum atomic E-state index is 12.7. The Kier molecular flexibility index (Phi) is 12.7. The van der Waals surface area contributed by atoms with E-state index in [1.807, 2.05) is 6.26 Å². The fourth-order valence-electron chi connectivity index (χ4n) is 2.19. The zero-order valence-electron chi connectivity index (χ0n) is 16.9. The average Bonchev–Trinajstić information content (AvgIpc) is 2.64. The number of nitrogens with one attached hydrogen (secondary N) is 3. The van der Waals surface area contributed by atoms with Crippen molar-refractivity contribution in [3.05, 3.63) is 0 Å². The zero-order valence-corrected chi connectivity index (χ0v) is 17.7. The molecule has 4 amide bonds. The predicted octanol–water partition coefficient (Wildman–Crippen LogP) is -1.84. The smallest absolute Gasteiger partial charge is 0.322 e. The van der Waals surface area contributed by atoms with E-state index in [4.69, 9.17) is 16.6 Å². The summed E-state index contributed by atoms with van der Waals surface area (Å²) in [4.78, 5) is 58.8.